The van der Waals surface area contributed by atoms with Crippen LogP contribution in [0.25, 0.3) is 0 Å². The predicted octanol–water partition coefficient (Wildman–Crippen LogP) is 3.77. The van der Waals surface area contributed by atoms with E-state index < -0.39 is 156 Å². The molecule has 53 heavy (non-hydrogen) atoms. The molecular weight excluding hydrogens is 720 g/mol. The third kappa shape index (κ3) is 3.95. The summed E-state index contributed by atoms with van der Waals surface area (Å²) >= 11 is 0. The summed E-state index contributed by atoms with van der Waals surface area (Å²) in [6.45, 7) is 1.06. The number of carboxylic acid groups (broad SMARTS) is 3. The molecule has 0 unspecified atom stereocenters. The summed E-state index contributed by atoms with van der Waals surface area (Å²) < 4.78 is 0. The SMILES string of the molecule is CC12C3(CC(=O)O)c4cc([N+](=O)[O-])c([N+](=O)[O-])cc4C1(CC(=O)O)c1cc([N+](=O)[O-])c([N+](=O)[O-])cc1C2(CC(=O)O)c1cc([N+](=O)[O-])c([N+](=O)[O-])cc13. The second kappa shape index (κ2) is 10.7. The van der Waals surface area contributed by atoms with Gasteiger partial charge in [-0.25, -0.2) is 0 Å². The molecule has 3 aliphatic carbocycles. The second-order valence-corrected chi connectivity index (χ2v) is 12.8. The smallest absolute Gasteiger partial charge is 0.346 e. The first-order chi connectivity index (χ1) is 24.6. The van der Waals surface area contributed by atoms with Crippen LogP contribution >= 0.6 is 0 Å². The van der Waals surface area contributed by atoms with Crippen LogP contribution in [0.2, 0.25) is 0 Å². The zero-order chi connectivity index (χ0) is 39.5. The van der Waals surface area contributed by atoms with Crippen molar-refractivity contribution in [1.29, 1.82) is 0 Å². The highest BCUT2D eigenvalue weighted by molar-refractivity contribution is 5.90. The van der Waals surface area contributed by atoms with Crippen LogP contribution in [0.5, 0.6) is 0 Å². The van der Waals surface area contributed by atoms with E-state index in [0.29, 0.717) is 36.4 Å². The molecule has 0 amide bonds. The van der Waals surface area contributed by atoms with Crippen LogP contribution in [0.4, 0.5) is 34.1 Å². The Bertz CT molecular complexity index is 2010. The van der Waals surface area contributed by atoms with E-state index in [1.54, 1.807) is 0 Å². The van der Waals surface area contributed by atoms with E-state index in [1.165, 1.54) is 0 Å². The number of hydrogen-bond acceptors (Lipinski definition) is 15. The summed E-state index contributed by atoms with van der Waals surface area (Å²) in [7, 11) is 0. The van der Waals surface area contributed by atoms with Crippen LogP contribution < -0.4 is 0 Å². The largest absolute Gasteiger partial charge is 0.481 e. The molecule has 0 heterocycles. The molecule has 0 aliphatic heterocycles. The highest BCUT2D eigenvalue weighted by atomic mass is 16.7. The van der Waals surface area contributed by atoms with Crippen molar-refractivity contribution in [3.63, 3.8) is 0 Å². The van der Waals surface area contributed by atoms with E-state index in [4.69, 9.17) is 0 Å². The number of aliphatic carboxylic acids is 3. The average molecular weight is 738 g/mol. The summed E-state index contributed by atoms with van der Waals surface area (Å²) in [5, 5.41) is 105. The second-order valence-electron chi connectivity index (χ2n) is 12.8. The molecule has 24 heteroatoms. The van der Waals surface area contributed by atoms with Crippen molar-refractivity contribution in [2.24, 2.45) is 5.41 Å². The zero-order valence-corrected chi connectivity index (χ0v) is 26.2. The van der Waals surface area contributed by atoms with Crippen LogP contribution in [0.1, 0.15) is 59.6 Å². The Balaban J connectivity index is 2.07. The molecule has 24 nitrogen and oxygen atoms in total. The number of nitrogens with zero attached hydrogens (tertiary/aromatic N) is 6. The zero-order valence-electron chi connectivity index (χ0n) is 26.2. The summed E-state index contributed by atoms with van der Waals surface area (Å²) in [4.78, 5) is 105. The molecule has 0 fully saturated rings. The third-order valence-corrected chi connectivity index (χ3v) is 11.1. The molecule has 6 rings (SSSR count). The number of nitro benzene ring substituents is 6. The van der Waals surface area contributed by atoms with Gasteiger partial charge in [0.05, 0.1) is 48.8 Å². The molecule has 0 bridgehead atoms. The maximum atomic E-state index is 13.0. The van der Waals surface area contributed by atoms with E-state index in [-0.39, 0.29) is 0 Å². The molecule has 3 aliphatic rings. The summed E-state index contributed by atoms with van der Waals surface area (Å²) in [5.41, 5.74) is -21.8. The summed E-state index contributed by atoms with van der Waals surface area (Å²) in [5.74, 6) is -5.43. The topological polar surface area (TPSA) is 371 Å². The summed E-state index contributed by atoms with van der Waals surface area (Å²) in [6, 6.07) is 3.15. The monoisotopic (exact) mass is 738 g/mol. The Labute approximate surface area is 289 Å². The predicted molar refractivity (Wildman–Crippen MR) is 166 cm³/mol. The first-order valence-corrected chi connectivity index (χ1v) is 14.7. The van der Waals surface area contributed by atoms with Gasteiger partial charge in [0, 0.05) is 58.1 Å². The maximum Gasteiger partial charge on any atom is 0.346 e. The van der Waals surface area contributed by atoms with Gasteiger partial charge >= 0.3 is 52.0 Å². The number of hydrogen-bond donors (Lipinski definition) is 3. The highest BCUT2D eigenvalue weighted by Crippen LogP contribution is 2.85. The highest BCUT2D eigenvalue weighted by Gasteiger charge is 2.85. The van der Waals surface area contributed by atoms with Crippen LogP contribution in [-0.2, 0) is 30.6 Å². The molecule has 0 saturated heterocycles. The van der Waals surface area contributed by atoms with Gasteiger partial charge in [-0.1, -0.05) is 6.92 Å². The Kier molecular flexibility index (Phi) is 7.15. The van der Waals surface area contributed by atoms with Crippen LogP contribution in [0.15, 0.2) is 36.4 Å². The minimum absolute atomic E-state index is 0.525. The number of benzene rings is 3. The van der Waals surface area contributed by atoms with E-state index in [0.717, 1.165) is 6.92 Å². The fourth-order valence-corrected chi connectivity index (χ4v) is 9.65. The lowest BCUT2D eigenvalue weighted by atomic mass is 9.48. The van der Waals surface area contributed by atoms with Crippen LogP contribution in [0.3, 0.4) is 0 Å². The van der Waals surface area contributed by atoms with E-state index >= 15 is 0 Å². The van der Waals surface area contributed by atoms with Gasteiger partial charge in [-0.05, 0) is 33.4 Å². The molecular formula is C29H18N6O18. The van der Waals surface area contributed by atoms with E-state index in [2.05, 4.69) is 0 Å². The Morgan fingerprint density at radius 3 is 0.698 bits per heavy atom. The number of carbonyl (C=O) groups is 3. The summed E-state index contributed by atoms with van der Waals surface area (Å²) in [6.07, 6.45) is -4.02. The Hall–Kier alpha value is -7.53. The quantitative estimate of drug-likeness (QED) is 0.176. The minimum atomic E-state index is -2.63. The lowest BCUT2D eigenvalue weighted by Crippen LogP contribution is -2.56. The van der Waals surface area contributed by atoms with Gasteiger partial charge in [0.15, 0.2) is 0 Å². The molecule has 0 atom stereocenters. The van der Waals surface area contributed by atoms with Gasteiger partial charge < -0.3 is 15.3 Å². The molecule has 272 valence electrons. The van der Waals surface area contributed by atoms with Crippen molar-refractivity contribution in [3.05, 3.63) is 130 Å². The van der Waals surface area contributed by atoms with Crippen molar-refractivity contribution >= 4 is 52.0 Å². The number of nitro groups is 6. The number of fused-ring (bicyclic) bond motifs is 9. The molecule has 3 aromatic carbocycles. The van der Waals surface area contributed by atoms with Gasteiger partial charge in [-0.3, -0.25) is 75.1 Å². The average Bonchev–Trinajstić information content (AvgIpc) is 3.43. The van der Waals surface area contributed by atoms with Gasteiger partial charge in [-0.15, -0.1) is 0 Å². The number of rotatable bonds is 12. The third-order valence-electron chi connectivity index (χ3n) is 11.1. The minimum Gasteiger partial charge on any atom is -0.481 e. The lowest BCUT2D eigenvalue weighted by molar-refractivity contribution is -0.422. The van der Waals surface area contributed by atoms with Crippen molar-refractivity contribution in [2.75, 3.05) is 0 Å². The lowest BCUT2D eigenvalue weighted by Gasteiger charge is -2.51. The molecule has 0 spiro atoms. The van der Waals surface area contributed by atoms with E-state index in [1.807, 2.05) is 0 Å². The molecule has 0 radical (unpaired) electrons. The van der Waals surface area contributed by atoms with Gasteiger partial charge in [-0.2, -0.15) is 0 Å². The first kappa shape index (κ1) is 35.3. The fraction of sp³-hybridized carbons (Fsp3) is 0.276. The Morgan fingerprint density at radius 1 is 0.434 bits per heavy atom. The van der Waals surface area contributed by atoms with Gasteiger partial charge in [0.1, 0.15) is 0 Å². The molecule has 0 aromatic heterocycles. The van der Waals surface area contributed by atoms with E-state index in [9.17, 15) is 90.4 Å². The van der Waals surface area contributed by atoms with Crippen molar-refractivity contribution in [3.8, 4) is 0 Å². The molecule has 0 saturated carbocycles. The number of carboxylic acids is 3. The van der Waals surface area contributed by atoms with Crippen LogP contribution in [0, 0.1) is 66.1 Å². The van der Waals surface area contributed by atoms with Gasteiger partial charge in [0.25, 0.3) is 0 Å². The fourth-order valence-electron chi connectivity index (χ4n) is 9.65. The first-order valence-electron chi connectivity index (χ1n) is 14.7. The van der Waals surface area contributed by atoms with Crippen LogP contribution in [-0.4, -0.2) is 62.8 Å². The van der Waals surface area contributed by atoms with Crippen molar-refractivity contribution in [2.45, 2.75) is 42.4 Å². The van der Waals surface area contributed by atoms with Crippen molar-refractivity contribution < 1.29 is 59.2 Å². The van der Waals surface area contributed by atoms with Gasteiger partial charge in [0.2, 0.25) is 0 Å². The Morgan fingerprint density at radius 2 is 0.585 bits per heavy atom. The maximum absolute atomic E-state index is 13.0. The normalized spacial score (nSPS) is 23.9. The molecule has 3 aromatic rings. The van der Waals surface area contributed by atoms with Crippen molar-refractivity contribution in [1.82, 2.24) is 0 Å². The molecule has 3 N–H and O–H groups in total. The standard InChI is InChI=1S/C29H18N6O18/c1-26-27(8-23(36)37)11-2-17(30(42)43)18(31(44)45)3-12(11)28(26,9-24(38)39)15-6-21(34(50)51)22(35(52)53)7-16(15)29(26,10-25(40)41)14-5-20(33(48)49)19(32(46)47)4-13(14)27/h2-7H,8-10H2,1H3,(H,36,37)(H,38,39)(H,40,41).